The molecule has 2 heterocycles. The molecule has 6 nitrogen and oxygen atoms in total. The third-order valence-corrected chi connectivity index (χ3v) is 4.08. The maximum Gasteiger partial charge on any atom is 0.261 e. The number of rotatable bonds is 6. The van der Waals surface area contributed by atoms with Gasteiger partial charge >= 0.3 is 0 Å². The lowest BCUT2D eigenvalue weighted by atomic mass is 10.2. The van der Waals surface area contributed by atoms with E-state index in [1.165, 1.54) is 0 Å². The van der Waals surface area contributed by atoms with Gasteiger partial charge in [0.15, 0.2) is 17.2 Å². The van der Waals surface area contributed by atoms with Crippen LogP contribution in [0.1, 0.15) is 13.8 Å². The molecule has 1 aromatic carbocycles. The van der Waals surface area contributed by atoms with Gasteiger partial charge in [0.25, 0.3) is 5.88 Å². The van der Waals surface area contributed by atoms with Crippen molar-refractivity contribution in [1.29, 1.82) is 0 Å². The molecule has 0 radical (unpaired) electrons. The Labute approximate surface area is 136 Å². The maximum absolute atomic E-state index is 5.92. The van der Waals surface area contributed by atoms with Crippen LogP contribution in [0.25, 0.3) is 0 Å². The monoisotopic (exact) mass is 314 g/mol. The molecule has 0 spiro atoms. The molecular weight excluding hydrogens is 292 g/mol. The zero-order valence-electron chi connectivity index (χ0n) is 13.8. The van der Waals surface area contributed by atoms with E-state index in [4.69, 9.17) is 9.47 Å². The Kier molecular flexibility index (Phi) is 4.62. The predicted octanol–water partition coefficient (Wildman–Crippen LogP) is 3.07. The number of hydrogen-bond donors (Lipinski definition) is 0. The number of anilines is 2. The fourth-order valence-electron chi connectivity index (χ4n) is 2.70. The summed E-state index contributed by atoms with van der Waals surface area (Å²) in [7, 11) is 1.99. The van der Waals surface area contributed by atoms with Crippen LogP contribution in [0.5, 0.6) is 17.4 Å². The summed E-state index contributed by atoms with van der Waals surface area (Å²) in [6.07, 6.45) is 1.62. The van der Waals surface area contributed by atoms with Gasteiger partial charge in [-0.2, -0.15) is 5.10 Å². The van der Waals surface area contributed by atoms with Crippen molar-refractivity contribution in [1.82, 2.24) is 15.1 Å². The number of benzene rings is 1. The summed E-state index contributed by atoms with van der Waals surface area (Å²) in [5, 5.41) is 8.15. The van der Waals surface area contributed by atoms with Crippen molar-refractivity contribution in [3.63, 3.8) is 0 Å². The zero-order valence-corrected chi connectivity index (χ0v) is 13.8. The summed E-state index contributed by atoms with van der Waals surface area (Å²) in [6.45, 7) is 7.74. The number of aromatic nitrogens is 2. The molecule has 0 aliphatic carbocycles. The number of ether oxygens (including phenoxy) is 2. The molecule has 23 heavy (non-hydrogen) atoms. The maximum atomic E-state index is 5.92. The van der Waals surface area contributed by atoms with Crippen LogP contribution < -0.4 is 14.4 Å². The van der Waals surface area contributed by atoms with Gasteiger partial charge in [-0.15, -0.1) is 5.10 Å². The minimum atomic E-state index is 0.506. The highest BCUT2D eigenvalue weighted by Gasteiger charge is 2.26. The van der Waals surface area contributed by atoms with Crippen molar-refractivity contribution in [3.05, 3.63) is 30.5 Å². The molecule has 0 bridgehead atoms. The smallest absolute Gasteiger partial charge is 0.261 e. The number of para-hydroxylation sites is 2. The van der Waals surface area contributed by atoms with Crippen LogP contribution >= 0.6 is 0 Å². The van der Waals surface area contributed by atoms with Gasteiger partial charge < -0.3 is 19.3 Å². The molecule has 0 atom stereocenters. The average Bonchev–Trinajstić information content (AvgIpc) is 2.59. The Hall–Kier alpha value is -2.34. The van der Waals surface area contributed by atoms with E-state index >= 15 is 0 Å². The molecule has 0 fully saturated rings. The van der Waals surface area contributed by atoms with Gasteiger partial charge in [0, 0.05) is 13.6 Å². The Morgan fingerprint density at radius 2 is 1.96 bits per heavy atom. The van der Waals surface area contributed by atoms with Crippen LogP contribution in [-0.4, -0.2) is 48.4 Å². The molecule has 1 aromatic heterocycles. The van der Waals surface area contributed by atoms with Crippen LogP contribution in [-0.2, 0) is 0 Å². The minimum Gasteiger partial charge on any atom is -0.474 e. The van der Waals surface area contributed by atoms with Crippen molar-refractivity contribution in [2.24, 2.45) is 0 Å². The summed E-state index contributed by atoms with van der Waals surface area (Å²) in [6, 6.07) is 7.89. The molecule has 3 rings (SSSR count). The molecule has 1 aliphatic rings. The van der Waals surface area contributed by atoms with E-state index in [1.807, 2.05) is 36.2 Å². The summed E-state index contributed by atoms with van der Waals surface area (Å²) >= 11 is 0. The number of fused-ring (bicyclic) bond motifs is 2. The highest BCUT2D eigenvalue weighted by molar-refractivity contribution is 5.79. The van der Waals surface area contributed by atoms with Crippen LogP contribution in [0.15, 0.2) is 30.5 Å². The zero-order chi connectivity index (χ0) is 16.2. The first kappa shape index (κ1) is 15.6. The fourth-order valence-corrected chi connectivity index (χ4v) is 2.70. The van der Waals surface area contributed by atoms with Crippen LogP contribution in [0.4, 0.5) is 11.4 Å². The predicted molar refractivity (Wildman–Crippen MR) is 89.9 cm³/mol. The number of nitrogens with zero attached hydrogens (tertiary/aromatic N) is 4. The quantitative estimate of drug-likeness (QED) is 0.817. The highest BCUT2D eigenvalue weighted by Crippen LogP contribution is 2.48. The Balaban J connectivity index is 1.80. The Morgan fingerprint density at radius 3 is 2.74 bits per heavy atom. The SMILES string of the molecule is CCN(CC)CCOc1nncc2c1N(C)c1ccccc1O2. The largest absolute Gasteiger partial charge is 0.474 e. The molecule has 0 unspecified atom stereocenters. The fraction of sp³-hybridized carbons (Fsp3) is 0.412. The van der Waals surface area contributed by atoms with Gasteiger partial charge in [-0.1, -0.05) is 26.0 Å². The van der Waals surface area contributed by atoms with E-state index in [1.54, 1.807) is 6.20 Å². The second-order valence-electron chi connectivity index (χ2n) is 5.37. The van der Waals surface area contributed by atoms with Crippen LogP contribution in [0.3, 0.4) is 0 Å². The minimum absolute atomic E-state index is 0.506. The van der Waals surface area contributed by atoms with E-state index < -0.39 is 0 Å². The lowest BCUT2D eigenvalue weighted by molar-refractivity contribution is 0.216. The molecule has 6 heteroatoms. The van der Waals surface area contributed by atoms with Gasteiger partial charge in [-0.25, -0.2) is 0 Å². The Morgan fingerprint density at radius 1 is 1.17 bits per heavy atom. The van der Waals surface area contributed by atoms with E-state index in [0.29, 0.717) is 18.2 Å². The first-order chi connectivity index (χ1) is 11.2. The molecular formula is C17H22N4O2. The third kappa shape index (κ3) is 3.07. The first-order valence-corrected chi connectivity index (χ1v) is 7.96. The normalized spacial score (nSPS) is 12.6. The lowest BCUT2D eigenvalue weighted by Gasteiger charge is -2.30. The van der Waals surface area contributed by atoms with Gasteiger partial charge in [0.2, 0.25) is 0 Å². The van der Waals surface area contributed by atoms with Crippen molar-refractivity contribution < 1.29 is 9.47 Å². The number of likely N-dealkylation sites (N-methyl/N-ethyl adjacent to an activating group) is 1. The molecule has 0 amide bonds. The molecule has 0 saturated heterocycles. The van der Waals surface area contributed by atoms with E-state index in [2.05, 4.69) is 28.9 Å². The standard InChI is InChI=1S/C17H22N4O2/c1-4-21(5-2)10-11-22-17-16-15(12-18-19-17)23-14-9-7-6-8-13(14)20(16)3/h6-9,12H,4-5,10-11H2,1-3H3. The highest BCUT2D eigenvalue weighted by atomic mass is 16.5. The number of hydrogen-bond acceptors (Lipinski definition) is 6. The molecule has 0 N–H and O–H groups in total. The van der Waals surface area contributed by atoms with Crippen molar-refractivity contribution in [2.75, 3.05) is 38.2 Å². The van der Waals surface area contributed by atoms with Crippen molar-refractivity contribution in [2.45, 2.75) is 13.8 Å². The first-order valence-electron chi connectivity index (χ1n) is 7.96. The third-order valence-electron chi connectivity index (χ3n) is 4.08. The second kappa shape index (κ2) is 6.83. The van der Waals surface area contributed by atoms with E-state index in [-0.39, 0.29) is 0 Å². The van der Waals surface area contributed by atoms with Crippen molar-refractivity contribution in [3.8, 4) is 17.4 Å². The van der Waals surface area contributed by atoms with E-state index in [9.17, 15) is 0 Å². The van der Waals surface area contributed by atoms with Gasteiger partial charge in [-0.05, 0) is 25.2 Å². The summed E-state index contributed by atoms with van der Waals surface area (Å²) in [5.74, 6) is 1.98. The van der Waals surface area contributed by atoms with Crippen LogP contribution in [0.2, 0.25) is 0 Å². The Bertz CT molecular complexity index is 673. The average molecular weight is 314 g/mol. The molecule has 1 aliphatic heterocycles. The van der Waals surface area contributed by atoms with E-state index in [0.717, 1.165) is 36.8 Å². The molecule has 0 saturated carbocycles. The van der Waals surface area contributed by atoms with Gasteiger partial charge in [0.1, 0.15) is 6.61 Å². The lowest BCUT2D eigenvalue weighted by Crippen LogP contribution is -2.28. The van der Waals surface area contributed by atoms with Gasteiger partial charge in [-0.3, -0.25) is 0 Å². The summed E-state index contributed by atoms with van der Waals surface area (Å²) in [5.41, 5.74) is 1.81. The summed E-state index contributed by atoms with van der Waals surface area (Å²) in [4.78, 5) is 4.34. The topological polar surface area (TPSA) is 50.7 Å². The van der Waals surface area contributed by atoms with Gasteiger partial charge in [0.05, 0.1) is 11.9 Å². The second-order valence-corrected chi connectivity index (χ2v) is 5.37. The summed E-state index contributed by atoms with van der Waals surface area (Å²) < 4.78 is 11.8. The van der Waals surface area contributed by atoms with Crippen LogP contribution in [0, 0.1) is 0 Å². The molecule has 122 valence electrons. The van der Waals surface area contributed by atoms with Crippen molar-refractivity contribution >= 4 is 11.4 Å². The molecule has 2 aromatic rings.